The van der Waals surface area contributed by atoms with Crippen molar-refractivity contribution in [2.24, 2.45) is 0 Å². The van der Waals surface area contributed by atoms with Gasteiger partial charge in [0.1, 0.15) is 5.69 Å². The molecule has 6 heteroatoms. The van der Waals surface area contributed by atoms with E-state index in [0.29, 0.717) is 25.5 Å². The lowest BCUT2D eigenvalue weighted by molar-refractivity contribution is 0.0944. The molecule has 0 fully saturated rings. The Bertz CT molecular complexity index is 775. The van der Waals surface area contributed by atoms with Crippen LogP contribution in [0, 0.1) is 6.92 Å². The van der Waals surface area contributed by atoms with Gasteiger partial charge in [-0.25, -0.2) is 0 Å². The van der Waals surface area contributed by atoms with E-state index in [9.17, 15) is 4.79 Å². The molecule has 0 bridgehead atoms. The van der Waals surface area contributed by atoms with Crippen molar-refractivity contribution in [2.45, 2.75) is 46.2 Å². The molecule has 1 aromatic carbocycles. The van der Waals surface area contributed by atoms with Crippen LogP contribution in [-0.4, -0.2) is 28.9 Å². The number of amides is 1. The van der Waals surface area contributed by atoms with Gasteiger partial charge in [0.15, 0.2) is 11.5 Å². The summed E-state index contributed by atoms with van der Waals surface area (Å²) in [5.41, 5.74) is 2.20. The van der Waals surface area contributed by atoms with Gasteiger partial charge in [-0.1, -0.05) is 6.07 Å². The average molecular weight is 343 g/mol. The van der Waals surface area contributed by atoms with Crippen LogP contribution in [0.15, 0.2) is 24.3 Å². The molecule has 1 aliphatic heterocycles. The van der Waals surface area contributed by atoms with E-state index in [0.717, 1.165) is 29.2 Å². The largest absolute Gasteiger partial charge is 0.490 e. The van der Waals surface area contributed by atoms with E-state index >= 15 is 0 Å². The van der Waals surface area contributed by atoms with Gasteiger partial charge in [-0.2, -0.15) is 5.10 Å². The normalized spacial score (nSPS) is 14.1. The van der Waals surface area contributed by atoms with Crippen molar-refractivity contribution in [1.82, 2.24) is 15.1 Å². The van der Waals surface area contributed by atoms with Crippen LogP contribution in [0.1, 0.15) is 48.9 Å². The summed E-state index contributed by atoms with van der Waals surface area (Å²) in [6.45, 7) is 9.87. The lowest BCUT2D eigenvalue weighted by atomic mass is 10.1. The molecule has 1 aliphatic rings. The molecule has 0 spiro atoms. The molecule has 6 nitrogen and oxygen atoms in total. The maximum atomic E-state index is 12.4. The monoisotopic (exact) mass is 343 g/mol. The fraction of sp³-hybridized carbons (Fsp3) is 0.474. The van der Waals surface area contributed by atoms with E-state index in [-0.39, 0.29) is 11.4 Å². The molecule has 3 rings (SSSR count). The van der Waals surface area contributed by atoms with Gasteiger partial charge < -0.3 is 14.8 Å². The minimum atomic E-state index is -0.182. The highest BCUT2D eigenvalue weighted by atomic mass is 16.5. The molecular formula is C19H25N3O3. The fourth-order valence-corrected chi connectivity index (χ4v) is 2.86. The lowest BCUT2D eigenvalue weighted by Crippen LogP contribution is -2.26. The summed E-state index contributed by atoms with van der Waals surface area (Å²) in [5, 5.41) is 7.35. The van der Waals surface area contributed by atoms with Gasteiger partial charge in [-0.15, -0.1) is 0 Å². The molecule has 1 aromatic heterocycles. The van der Waals surface area contributed by atoms with Crippen LogP contribution >= 0.6 is 0 Å². The topological polar surface area (TPSA) is 65.4 Å². The van der Waals surface area contributed by atoms with Gasteiger partial charge in [0, 0.05) is 18.7 Å². The third-order valence-electron chi connectivity index (χ3n) is 4.02. The zero-order valence-corrected chi connectivity index (χ0v) is 15.3. The standard InChI is InChI=1S/C19H25N3O3/c1-13-10-15(21-22(13)19(2,3)4)18(23)20-12-14-6-7-16-17(11-14)25-9-5-8-24-16/h6-7,10-11H,5,8-9,12H2,1-4H3,(H,20,23). The molecular weight excluding hydrogens is 318 g/mol. The molecule has 0 radical (unpaired) electrons. The molecule has 25 heavy (non-hydrogen) atoms. The van der Waals surface area contributed by atoms with Crippen molar-refractivity contribution >= 4 is 5.91 Å². The number of rotatable bonds is 3. The van der Waals surface area contributed by atoms with Crippen LogP contribution in [-0.2, 0) is 12.1 Å². The maximum Gasteiger partial charge on any atom is 0.272 e. The van der Waals surface area contributed by atoms with Gasteiger partial charge in [-0.05, 0) is 51.5 Å². The summed E-state index contributed by atoms with van der Waals surface area (Å²) < 4.78 is 13.2. The van der Waals surface area contributed by atoms with Crippen LogP contribution in [0.5, 0.6) is 11.5 Å². The Morgan fingerprint density at radius 1 is 1.20 bits per heavy atom. The van der Waals surface area contributed by atoms with Crippen molar-refractivity contribution in [2.75, 3.05) is 13.2 Å². The predicted molar refractivity (Wildman–Crippen MR) is 95.2 cm³/mol. The summed E-state index contributed by atoms with van der Waals surface area (Å²) in [7, 11) is 0. The number of fused-ring (bicyclic) bond motifs is 1. The Morgan fingerprint density at radius 2 is 1.92 bits per heavy atom. The number of benzene rings is 1. The number of nitrogens with zero attached hydrogens (tertiary/aromatic N) is 2. The number of hydrogen-bond donors (Lipinski definition) is 1. The van der Waals surface area contributed by atoms with Crippen molar-refractivity contribution in [3.63, 3.8) is 0 Å². The van der Waals surface area contributed by atoms with E-state index in [1.165, 1.54) is 0 Å². The van der Waals surface area contributed by atoms with Crippen LogP contribution in [0.3, 0.4) is 0 Å². The molecule has 0 unspecified atom stereocenters. The molecule has 1 amide bonds. The summed E-state index contributed by atoms with van der Waals surface area (Å²) >= 11 is 0. The Morgan fingerprint density at radius 3 is 2.60 bits per heavy atom. The quantitative estimate of drug-likeness (QED) is 0.930. The van der Waals surface area contributed by atoms with Gasteiger partial charge in [-0.3, -0.25) is 9.48 Å². The van der Waals surface area contributed by atoms with E-state index in [4.69, 9.17) is 9.47 Å². The first-order valence-corrected chi connectivity index (χ1v) is 8.58. The third kappa shape index (κ3) is 3.95. The Hall–Kier alpha value is -2.50. The second-order valence-electron chi connectivity index (χ2n) is 7.27. The number of aryl methyl sites for hydroxylation is 1. The summed E-state index contributed by atoms with van der Waals surface area (Å²) in [4.78, 5) is 12.4. The fourth-order valence-electron chi connectivity index (χ4n) is 2.86. The molecule has 2 aromatic rings. The number of ether oxygens (including phenoxy) is 2. The molecule has 134 valence electrons. The SMILES string of the molecule is Cc1cc(C(=O)NCc2ccc3c(c2)OCCCO3)nn1C(C)(C)C. The predicted octanol–water partition coefficient (Wildman–Crippen LogP) is 3.04. The zero-order chi connectivity index (χ0) is 18.0. The van der Waals surface area contributed by atoms with Crippen LogP contribution in [0.4, 0.5) is 0 Å². The number of aromatic nitrogens is 2. The van der Waals surface area contributed by atoms with E-state index < -0.39 is 0 Å². The van der Waals surface area contributed by atoms with E-state index in [2.05, 4.69) is 31.2 Å². The van der Waals surface area contributed by atoms with Gasteiger partial charge in [0.2, 0.25) is 0 Å². The zero-order valence-electron chi connectivity index (χ0n) is 15.3. The Kier molecular flexibility index (Phi) is 4.70. The highest BCUT2D eigenvalue weighted by Gasteiger charge is 2.20. The molecule has 2 heterocycles. The van der Waals surface area contributed by atoms with Crippen molar-refractivity contribution in [1.29, 1.82) is 0 Å². The molecule has 0 atom stereocenters. The highest BCUT2D eigenvalue weighted by molar-refractivity contribution is 5.92. The van der Waals surface area contributed by atoms with Crippen LogP contribution < -0.4 is 14.8 Å². The maximum absolute atomic E-state index is 12.4. The number of carbonyl (C=O) groups excluding carboxylic acids is 1. The molecule has 0 aliphatic carbocycles. The van der Waals surface area contributed by atoms with Crippen LogP contribution in [0.25, 0.3) is 0 Å². The smallest absolute Gasteiger partial charge is 0.272 e. The number of carbonyl (C=O) groups is 1. The second kappa shape index (κ2) is 6.78. The van der Waals surface area contributed by atoms with E-state index in [1.54, 1.807) is 0 Å². The average Bonchev–Trinajstić information content (AvgIpc) is 2.81. The summed E-state index contributed by atoms with van der Waals surface area (Å²) in [6.07, 6.45) is 0.872. The first kappa shape index (κ1) is 17.3. The molecule has 1 N–H and O–H groups in total. The Labute approximate surface area is 148 Å². The van der Waals surface area contributed by atoms with Crippen molar-refractivity contribution < 1.29 is 14.3 Å². The first-order chi connectivity index (χ1) is 11.8. The second-order valence-corrected chi connectivity index (χ2v) is 7.27. The first-order valence-electron chi connectivity index (χ1n) is 8.58. The Balaban J connectivity index is 1.68. The summed E-state index contributed by atoms with van der Waals surface area (Å²) in [6, 6.07) is 7.56. The molecule has 0 saturated carbocycles. The lowest BCUT2D eigenvalue weighted by Gasteiger charge is -2.21. The van der Waals surface area contributed by atoms with Crippen molar-refractivity contribution in [3.05, 3.63) is 41.2 Å². The van der Waals surface area contributed by atoms with Gasteiger partial charge >= 0.3 is 0 Å². The highest BCUT2D eigenvalue weighted by Crippen LogP contribution is 2.30. The minimum Gasteiger partial charge on any atom is -0.490 e. The minimum absolute atomic E-state index is 0.156. The van der Waals surface area contributed by atoms with E-state index in [1.807, 2.05) is 35.9 Å². The van der Waals surface area contributed by atoms with Gasteiger partial charge in [0.05, 0.1) is 18.8 Å². The van der Waals surface area contributed by atoms with Crippen molar-refractivity contribution in [3.8, 4) is 11.5 Å². The number of nitrogens with one attached hydrogen (secondary N) is 1. The van der Waals surface area contributed by atoms with Crippen LogP contribution in [0.2, 0.25) is 0 Å². The third-order valence-corrected chi connectivity index (χ3v) is 4.02. The summed E-state index contributed by atoms with van der Waals surface area (Å²) in [5.74, 6) is 1.31. The number of hydrogen-bond acceptors (Lipinski definition) is 4. The van der Waals surface area contributed by atoms with Gasteiger partial charge in [0.25, 0.3) is 5.91 Å². The molecule has 0 saturated heterocycles.